The lowest BCUT2D eigenvalue weighted by atomic mass is 10.2. The summed E-state index contributed by atoms with van der Waals surface area (Å²) in [6.07, 6.45) is 0. The van der Waals surface area contributed by atoms with Crippen LogP contribution in [0.1, 0.15) is 10.4 Å². The standard InChI is InChI=1S/C15H15NO3S/c1-16-15(17)13-5-3-4-6-14(13)20(18)12-9-7-11(19-2)8-10-12/h3-10H,1-2H3,(H,16,17). The third-order valence-corrected chi connectivity index (χ3v) is 4.29. The molecule has 0 heterocycles. The molecule has 0 radical (unpaired) electrons. The van der Waals surface area contributed by atoms with Crippen LogP contribution in [-0.2, 0) is 10.8 Å². The number of ether oxygens (including phenoxy) is 1. The lowest BCUT2D eigenvalue weighted by Gasteiger charge is -2.08. The van der Waals surface area contributed by atoms with Gasteiger partial charge in [-0.05, 0) is 36.4 Å². The zero-order valence-corrected chi connectivity index (χ0v) is 12.1. The summed E-state index contributed by atoms with van der Waals surface area (Å²) in [5.74, 6) is 0.452. The van der Waals surface area contributed by atoms with Crippen molar-refractivity contribution < 1.29 is 13.7 Å². The number of hydrogen-bond donors (Lipinski definition) is 1. The summed E-state index contributed by atoms with van der Waals surface area (Å²) in [6, 6.07) is 13.8. The molecular weight excluding hydrogens is 274 g/mol. The van der Waals surface area contributed by atoms with Crippen molar-refractivity contribution in [3.63, 3.8) is 0 Å². The molecule has 2 aromatic carbocycles. The number of methoxy groups -OCH3 is 1. The van der Waals surface area contributed by atoms with Crippen LogP contribution in [0.15, 0.2) is 58.3 Å². The van der Waals surface area contributed by atoms with Gasteiger partial charge in [0.25, 0.3) is 5.91 Å². The Morgan fingerprint density at radius 3 is 2.35 bits per heavy atom. The Kier molecular flexibility index (Phi) is 4.53. The van der Waals surface area contributed by atoms with Crippen LogP contribution in [0, 0.1) is 0 Å². The maximum Gasteiger partial charge on any atom is 0.252 e. The molecule has 4 nitrogen and oxygen atoms in total. The highest BCUT2D eigenvalue weighted by Gasteiger charge is 2.15. The highest BCUT2D eigenvalue weighted by molar-refractivity contribution is 7.85. The molecule has 1 amide bonds. The summed E-state index contributed by atoms with van der Waals surface area (Å²) in [5.41, 5.74) is 0.421. The van der Waals surface area contributed by atoms with Gasteiger partial charge in [0.1, 0.15) is 5.75 Å². The van der Waals surface area contributed by atoms with Gasteiger partial charge in [0.05, 0.1) is 28.4 Å². The topological polar surface area (TPSA) is 55.4 Å². The highest BCUT2D eigenvalue weighted by Crippen LogP contribution is 2.22. The first-order chi connectivity index (χ1) is 9.67. The second-order valence-corrected chi connectivity index (χ2v) is 5.47. The molecule has 1 unspecified atom stereocenters. The van der Waals surface area contributed by atoms with E-state index in [1.54, 1.807) is 62.7 Å². The van der Waals surface area contributed by atoms with E-state index in [0.717, 1.165) is 0 Å². The van der Waals surface area contributed by atoms with Crippen LogP contribution < -0.4 is 10.1 Å². The Morgan fingerprint density at radius 2 is 1.75 bits per heavy atom. The van der Waals surface area contributed by atoms with Crippen molar-refractivity contribution in [1.82, 2.24) is 5.32 Å². The van der Waals surface area contributed by atoms with Crippen LogP contribution >= 0.6 is 0 Å². The molecule has 0 bridgehead atoms. The van der Waals surface area contributed by atoms with Crippen LogP contribution in [0.5, 0.6) is 5.75 Å². The van der Waals surface area contributed by atoms with Gasteiger partial charge >= 0.3 is 0 Å². The molecule has 0 aromatic heterocycles. The minimum Gasteiger partial charge on any atom is -0.497 e. The fourth-order valence-corrected chi connectivity index (χ4v) is 2.98. The first-order valence-electron chi connectivity index (χ1n) is 6.04. The molecule has 104 valence electrons. The molecule has 0 fully saturated rings. The maximum atomic E-state index is 12.6. The number of amides is 1. The van der Waals surface area contributed by atoms with E-state index in [-0.39, 0.29) is 5.91 Å². The normalized spacial score (nSPS) is 11.7. The quantitative estimate of drug-likeness (QED) is 0.939. The third kappa shape index (κ3) is 2.88. The van der Waals surface area contributed by atoms with E-state index in [2.05, 4.69) is 5.32 Å². The van der Waals surface area contributed by atoms with E-state index >= 15 is 0 Å². The first-order valence-corrected chi connectivity index (χ1v) is 7.19. The highest BCUT2D eigenvalue weighted by atomic mass is 32.2. The van der Waals surface area contributed by atoms with Gasteiger partial charge in [0.15, 0.2) is 0 Å². The van der Waals surface area contributed by atoms with Crippen LogP contribution in [0.3, 0.4) is 0 Å². The fraction of sp³-hybridized carbons (Fsp3) is 0.133. The zero-order valence-electron chi connectivity index (χ0n) is 11.3. The second kappa shape index (κ2) is 6.34. The molecule has 20 heavy (non-hydrogen) atoms. The van der Waals surface area contributed by atoms with Gasteiger partial charge < -0.3 is 10.1 Å². The largest absolute Gasteiger partial charge is 0.497 e. The van der Waals surface area contributed by atoms with E-state index in [1.165, 1.54) is 0 Å². The zero-order chi connectivity index (χ0) is 14.5. The molecule has 0 saturated carbocycles. The predicted octanol–water partition coefficient (Wildman–Crippen LogP) is 2.22. The Morgan fingerprint density at radius 1 is 1.10 bits per heavy atom. The molecule has 0 aliphatic rings. The van der Waals surface area contributed by atoms with E-state index in [9.17, 15) is 9.00 Å². The molecule has 0 spiro atoms. The second-order valence-electron chi connectivity index (χ2n) is 4.02. The average molecular weight is 289 g/mol. The van der Waals surface area contributed by atoms with Crippen molar-refractivity contribution in [1.29, 1.82) is 0 Å². The first kappa shape index (κ1) is 14.3. The molecule has 5 heteroatoms. The number of carbonyl (C=O) groups is 1. The van der Waals surface area contributed by atoms with Gasteiger partial charge in [-0.3, -0.25) is 4.79 Å². The SMILES string of the molecule is CNC(=O)c1ccccc1S(=O)c1ccc(OC)cc1. The molecule has 1 atom stereocenters. The van der Waals surface area contributed by atoms with Crippen molar-refractivity contribution in [2.45, 2.75) is 9.79 Å². The van der Waals surface area contributed by atoms with Crippen molar-refractivity contribution >= 4 is 16.7 Å². The molecule has 1 N–H and O–H groups in total. The van der Waals surface area contributed by atoms with Gasteiger partial charge in [-0.2, -0.15) is 0 Å². The Hall–Kier alpha value is -2.14. The summed E-state index contributed by atoms with van der Waals surface area (Å²) < 4.78 is 17.6. The minimum atomic E-state index is -1.41. The van der Waals surface area contributed by atoms with Crippen molar-refractivity contribution in [2.75, 3.05) is 14.2 Å². The van der Waals surface area contributed by atoms with E-state index < -0.39 is 10.8 Å². The summed E-state index contributed by atoms with van der Waals surface area (Å²) in [6.45, 7) is 0. The Bertz CT molecular complexity index is 638. The molecule has 0 saturated heterocycles. The number of nitrogens with one attached hydrogen (secondary N) is 1. The Labute approximate surface area is 120 Å². The lowest BCUT2D eigenvalue weighted by Crippen LogP contribution is -2.19. The van der Waals surface area contributed by atoms with Crippen molar-refractivity contribution in [2.24, 2.45) is 0 Å². The van der Waals surface area contributed by atoms with Gasteiger partial charge in [-0.25, -0.2) is 4.21 Å². The van der Waals surface area contributed by atoms with Gasteiger partial charge in [0.2, 0.25) is 0 Å². The van der Waals surface area contributed by atoms with Crippen LogP contribution in [0.2, 0.25) is 0 Å². The van der Waals surface area contributed by atoms with Gasteiger partial charge in [0, 0.05) is 11.9 Å². The molecule has 2 aromatic rings. The molecular formula is C15H15NO3S. The lowest BCUT2D eigenvalue weighted by molar-refractivity contribution is 0.0960. The van der Waals surface area contributed by atoms with Gasteiger partial charge in [-0.15, -0.1) is 0 Å². The van der Waals surface area contributed by atoms with Crippen LogP contribution in [0.25, 0.3) is 0 Å². The number of benzene rings is 2. The Balaban J connectivity index is 2.40. The van der Waals surface area contributed by atoms with Crippen LogP contribution in [-0.4, -0.2) is 24.3 Å². The monoisotopic (exact) mass is 289 g/mol. The van der Waals surface area contributed by atoms with Crippen LogP contribution in [0.4, 0.5) is 0 Å². The fourth-order valence-electron chi connectivity index (χ4n) is 1.78. The molecule has 0 aliphatic heterocycles. The van der Waals surface area contributed by atoms with E-state index in [0.29, 0.717) is 21.1 Å². The van der Waals surface area contributed by atoms with E-state index in [1.807, 2.05) is 0 Å². The summed E-state index contributed by atoms with van der Waals surface area (Å²) in [5, 5.41) is 2.55. The maximum absolute atomic E-state index is 12.6. The van der Waals surface area contributed by atoms with Gasteiger partial charge in [-0.1, -0.05) is 12.1 Å². The number of hydrogen-bond acceptors (Lipinski definition) is 3. The predicted molar refractivity (Wildman–Crippen MR) is 77.5 cm³/mol. The summed E-state index contributed by atoms with van der Waals surface area (Å²) >= 11 is 0. The van der Waals surface area contributed by atoms with Crippen molar-refractivity contribution in [3.05, 3.63) is 54.1 Å². The third-order valence-electron chi connectivity index (χ3n) is 2.83. The molecule has 0 aliphatic carbocycles. The smallest absolute Gasteiger partial charge is 0.252 e. The van der Waals surface area contributed by atoms with E-state index in [4.69, 9.17) is 4.74 Å². The number of carbonyl (C=O) groups excluding carboxylic acids is 1. The summed E-state index contributed by atoms with van der Waals surface area (Å²) in [7, 11) is 1.72. The van der Waals surface area contributed by atoms with Crippen molar-refractivity contribution in [3.8, 4) is 5.75 Å². The summed E-state index contributed by atoms with van der Waals surface area (Å²) in [4.78, 5) is 12.9. The molecule has 2 rings (SSSR count). The average Bonchev–Trinajstić information content (AvgIpc) is 2.53. The minimum absolute atomic E-state index is 0.248. The number of rotatable bonds is 4.